The van der Waals surface area contributed by atoms with Crippen molar-refractivity contribution in [2.45, 2.75) is 38.0 Å². The molecule has 21 heavy (non-hydrogen) atoms. The Labute approximate surface area is 141 Å². The van der Waals surface area contributed by atoms with Crippen molar-refractivity contribution < 1.29 is 4.79 Å². The van der Waals surface area contributed by atoms with E-state index in [1.165, 1.54) is 5.56 Å². The molecule has 4 rings (SSSR count). The third-order valence-corrected chi connectivity index (χ3v) is 5.53. The van der Waals surface area contributed by atoms with Crippen LogP contribution in [0.5, 0.6) is 0 Å². The van der Waals surface area contributed by atoms with Crippen LogP contribution in [-0.2, 0) is 12.8 Å². The van der Waals surface area contributed by atoms with Gasteiger partial charge in [-0.05, 0) is 72.2 Å². The van der Waals surface area contributed by atoms with Crippen molar-refractivity contribution in [1.29, 1.82) is 0 Å². The molecule has 2 aliphatic carbocycles. The molecule has 0 radical (unpaired) electrons. The second-order valence-electron chi connectivity index (χ2n) is 5.76. The summed E-state index contributed by atoms with van der Waals surface area (Å²) >= 11 is 8.57. The van der Waals surface area contributed by atoms with Crippen molar-refractivity contribution in [3.05, 3.63) is 49.3 Å². The Hall–Kier alpha value is -0.880. The second-order valence-corrected chi connectivity index (χ2v) is 7.19. The van der Waals surface area contributed by atoms with Crippen molar-refractivity contribution in [2.75, 3.05) is 0 Å². The molecule has 1 aromatic heterocycles. The molecule has 0 aliphatic heterocycles. The molecule has 2 aliphatic rings. The van der Waals surface area contributed by atoms with Gasteiger partial charge in [-0.3, -0.25) is 4.79 Å². The zero-order valence-corrected chi connectivity index (χ0v) is 14.3. The number of hydrogen-bond acceptors (Lipinski definition) is 2. The van der Waals surface area contributed by atoms with Crippen LogP contribution in [0.2, 0.25) is 5.02 Å². The fourth-order valence-electron chi connectivity index (χ4n) is 3.17. The van der Waals surface area contributed by atoms with Gasteiger partial charge >= 0.3 is 0 Å². The summed E-state index contributed by atoms with van der Waals surface area (Å²) in [6.07, 6.45) is 5.36. The number of nitrogens with zero attached hydrogens (tertiary/aromatic N) is 2. The molecule has 108 valence electrons. The largest absolute Gasteiger partial charge is 0.280 e. The van der Waals surface area contributed by atoms with Gasteiger partial charge in [-0.1, -0.05) is 23.7 Å². The maximum Gasteiger partial charge on any atom is 0.280 e. The van der Waals surface area contributed by atoms with E-state index in [1.807, 2.05) is 12.1 Å². The molecular formula is C16H14ClIN2O. The summed E-state index contributed by atoms with van der Waals surface area (Å²) in [5.74, 6) is 0.425. The zero-order chi connectivity index (χ0) is 14.6. The second kappa shape index (κ2) is 5.09. The van der Waals surface area contributed by atoms with E-state index < -0.39 is 0 Å². The number of carbonyl (C=O) groups excluding carboxylic acids is 1. The Bertz CT molecular complexity index is 749. The normalized spacial score (nSPS) is 17.0. The lowest BCUT2D eigenvalue weighted by Gasteiger charge is -2.11. The number of fused-ring (bicyclic) bond motifs is 1. The first-order chi connectivity index (χ1) is 10.2. The SMILES string of the molecule is O=C(c1c(Cl)cccc1C1CC1)n1nc(I)c2c1CCC2. The van der Waals surface area contributed by atoms with E-state index in [0.717, 1.165) is 47.1 Å². The minimum atomic E-state index is -0.0661. The minimum absolute atomic E-state index is 0.0661. The van der Waals surface area contributed by atoms with Crippen LogP contribution in [0.15, 0.2) is 18.2 Å². The van der Waals surface area contributed by atoms with Gasteiger partial charge in [0.05, 0.1) is 16.3 Å². The van der Waals surface area contributed by atoms with Crippen LogP contribution < -0.4 is 0 Å². The number of carbonyl (C=O) groups is 1. The molecule has 2 aromatic rings. The third kappa shape index (κ3) is 2.23. The standard InChI is InChI=1S/C16H14ClIN2O/c17-12-5-1-3-10(9-7-8-9)14(12)16(21)20-13-6-2-4-11(13)15(18)19-20/h1,3,5,9H,2,4,6-8H2. The number of aromatic nitrogens is 2. The summed E-state index contributed by atoms with van der Waals surface area (Å²) in [6, 6.07) is 5.77. The smallest absolute Gasteiger partial charge is 0.267 e. The van der Waals surface area contributed by atoms with Crippen molar-refractivity contribution in [2.24, 2.45) is 0 Å². The molecule has 1 heterocycles. The van der Waals surface area contributed by atoms with E-state index in [-0.39, 0.29) is 5.91 Å². The molecule has 1 fully saturated rings. The average Bonchev–Trinajstić information content (AvgIpc) is 3.11. The Morgan fingerprint density at radius 3 is 2.90 bits per heavy atom. The average molecular weight is 413 g/mol. The van der Waals surface area contributed by atoms with Crippen molar-refractivity contribution in [3.8, 4) is 0 Å². The van der Waals surface area contributed by atoms with Crippen LogP contribution in [0.4, 0.5) is 0 Å². The molecule has 0 unspecified atom stereocenters. The molecule has 5 heteroatoms. The van der Waals surface area contributed by atoms with E-state index in [0.29, 0.717) is 16.5 Å². The summed E-state index contributed by atoms with van der Waals surface area (Å²) in [6.45, 7) is 0. The maximum atomic E-state index is 13.0. The van der Waals surface area contributed by atoms with Crippen LogP contribution in [-0.4, -0.2) is 15.7 Å². The topological polar surface area (TPSA) is 34.9 Å². The Balaban J connectivity index is 1.84. The molecule has 0 atom stereocenters. The Kier molecular flexibility index (Phi) is 3.34. The lowest BCUT2D eigenvalue weighted by Crippen LogP contribution is -2.18. The highest BCUT2D eigenvalue weighted by Crippen LogP contribution is 2.43. The fourth-order valence-corrected chi connectivity index (χ4v) is 4.23. The molecule has 3 nitrogen and oxygen atoms in total. The van der Waals surface area contributed by atoms with Crippen molar-refractivity contribution in [1.82, 2.24) is 9.78 Å². The van der Waals surface area contributed by atoms with Crippen LogP contribution in [0, 0.1) is 3.70 Å². The first kappa shape index (κ1) is 13.8. The first-order valence-electron chi connectivity index (χ1n) is 7.26. The van der Waals surface area contributed by atoms with Crippen LogP contribution in [0.3, 0.4) is 0 Å². The summed E-state index contributed by atoms with van der Waals surface area (Å²) in [4.78, 5) is 13.0. The first-order valence-corrected chi connectivity index (χ1v) is 8.72. The monoisotopic (exact) mass is 412 g/mol. The number of hydrogen-bond donors (Lipinski definition) is 0. The highest BCUT2D eigenvalue weighted by atomic mass is 127. The van der Waals surface area contributed by atoms with Gasteiger partial charge in [-0.15, -0.1) is 0 Å². The molecule has 0 amide bonds. The predicted molar refractivity (Wildman–Crippen MR) is 90.1 cm³/mol. The minimum Gasteiger partial charge on any atom is -0.267 e. The highest BCUT2D eigenvalue weighted by molar-refractivity contribution is 14.1. The number of rotatable bonds is 2. The van der Waals surface area contributed by atoms with Gasteiger partial charge in [0.15, 0.2) is 0 Å². The zero-order valence-electron chi connectivity index (χ0n) is 11.4. The maximum absolute atomic E-state index is 13.0. The Morgan fingerprint density at radius 2 is 2.14 bits per heavy atom. The number of benzene rings is 1. The van der Waals surface area contributed by atoms with Crippen LogP contribution >= 0.6 is 34.2 Å². The molecular weight excluding hydrogens is 399 g/mol. The van der Waals surface area contributed by atoms with Crippen molar-refractivity contribution >= 4 is 40.1 Å². The van der Waals surface area contributed by atoms with Gasteiger partial charge in [-0.25, -0.2) is 0 Å². The van der Waals surface area contributed by atoms with E-state index in [2.05, 4.69) is 27.7 Å². The molecule has 0 bridgehead atoms. The van der Waals surface area contributed by atoms with Gasteiger partial charge in [0.2, 0.25) is 0 Å². The Morgan fingerprint density at radius 1 is 1.33 bits per heavy atom. The quantitative estimate of drug-likeness (QED) is 0.693. The molecule has 1 saturated carbocycles. The van der Waals surface area contributed by atoms with Gasteiger partial charge < -0.3 is 0 Å². The highest BCUT2D eigenvalue weighted by Gasteiger charge is 2.32. The van der Waals surface area contributed by atoms with E-state index in [9.17, 15) is 4.79 Å². The molecule has 0 saturated heterocycles. The lowest BCUT2D eigenvalue weighted by molar-refractivity contribution is 0.0940. The van der Waals surface area contributed by atoms with Gasteiger partial charge in [0, 0.05) is 5.56 Å². The summed E-state index contributed by atoms with van der Waals surface area (Å²) in [5, 5.41) is 5.01. The lowest BCUT2D eigenvalue weighted by atomic mass is 10.0. The summed E-state index contributed by atoms with van der Waals surface area (Å²) < 4.78 is 2.55. The number of halogens is 2. The van der Waals surface area contributed by atoms with Crippen LogP contribution in [0.25, 0.3) is 0 Å². The fraction of sp³-hybridized carbons (Fsp3) is 0.375. The van der Waals surface area contributed by atoms with E-state index >= 15 is 0 Å². The molecule has 1 aromatic carbocycles. The van der Waals surface area contributed by atoms with E-state index in [1.54, 1.807) is 10.7 Å². The van der Waals surface area contributed by atoms with Gasteiger partial charge in [-0.2, -0.15) is 9.78 Å². The van der Waals surface area contributed by atoms with E-state index in [4.69, 9.17) is 11.6 Å². The molecule has 0 N–H and O–H groups in total. The van der Waals surface area contributed by atoms with Crippen molar-refractivity contribution in [3.63, 3.8) is 0 Å². The van der Waals surface area contributed by atoms with Gasteiger partial charge in [0.25, 0.3) is 5.91 Å². The molecule has 0 spiro atoms. The summed E-state index contributed by atoms with van der Waals surface area (Å²) in [5.41, 5.74) is 4.05. The van der Waals surface area contributed by atoms with Gasteiger partial charge in [0.1, 0.15) is 3.70 Å². The predicted octanol–water partition coefficient (Wildman–Crippen LogP) is 4.20. The summed E-state index contributed by atoms with van der Waals surface area (Å²) in [7, 11) is 0. The third-order valence-electron chi connectivity index (χ3n) is 4.35. The van der Waals surface area contributed by atoms with Crippen LogP contribution in [0.1, 0.15) is 52.4 Å².